The number of sulfonamides is 1. The summed E-state index contributed by atoms with van der Waals surface area (Å²) in [7, 11) is -3.89. The van der Waals surface area contributed by atoms with Gasteiger partial charge in [0.05, 0.1) is 10.9 Å². The van der Waals surface area contributed by atoms with E-state index in [-0.39, 0.29) is 10.8 Å². The van der Waals surface area contributed by atoms with Crippen LogP contribution in [0.5, 0.6) is 0 Å². The van der Waals surface area contributed by atoms with E-state index in [0.717, 1.165) is 12.0 Å². The highest BCUT2D eigenvalue weighted by molar-refractivity contribution is 7.89. The van der Waals surface area contributed by atoms with Gasteiger partial charge in [-0.25, -0.2) is 8.42 Å². The second kappa shape index (κ2) is 9.35. The van der Waals surface area contributed by atoms with Gasteiger partial charge in [-0.15, -0.1) is 0 Å². The summed E-state index contributed by atoms with van der Waals surface area (Å²) in [5.41, 5.74) is 2.27. The maximum Gasteiger partial charge on any atom is 0.241 e. The molecule has 3 atom stereocenters. The quantitative estimate of drug-likeness (QED) is 0.635. The SMILES string of the molecule is Cc1cc(C)c(S(=O)(=O)NC(CC(C)C)C(=O)NC2CCCOC2O)c(C)c1. The molecule has 3 N–H and O–H groups in total. The molecule has 1 aromatic rings. The molecule has 0 radical (unpaired) electrons. The van der Waals surface area contributed by atoms with Crippen molar-refractivity contribution in [3.63, 3.8) is 0 Å². The normalized spacial score (nSPS) is 21.5. The van der Waals surface area contributed by atoms with Gasteiger partial charge in [-0.05, 0) is 57.1 Å². The number of rotatable bonds is 7. The Morgan fingerprint density at radius 1 is 1.25 bits per heavy atom. The molecule has 1 heterocycles. The number of carbonyl (C=O) groups is 1. The van der Waals surface area contributed by atoms with Crippen molar-refractivity contribution >= 4 is 15.9 Å². The maximum absolute atomic E-state index is 13.1. The Balaban J connectivity index is 2.24. The molecule has 0 saturated carbocycles. The average Bonchev–Trinajstić information content (AvgIpc) is 2.54. The molecular formula is C20H32N2O5S. The van der Waals surface area contributed by atoms with E-state index in [1.54, 1.807) is 13.8 Å². The Kier molecular flexibility index (Phi) is 7.61. The smallest absolute Gasteiger partial charge is 0.241 e. The largest absolute Gasteiger partial charge is 0.366 e. The molecular weight excluding hydrogens is 380 g/mol. The van der Waals surface area contributed by atoms with Gasteiger partial charge in [0.2, 0.25) is 15.9 Å². The summed E-state index contributed by atoms with van der Waals surface area (Å²) >= 11 is 0. The summed E-state index contributed by atoms with van der Waals surface area (Å²) in [6, 6.07) is 2.16. The number of ether oxygens (including phenoxy) is 1. The number of hydrogen-bond donors (Lipinski definition) is 3. The van der Waals surface area contributed by atoms with Gasteiger partial charge in [0.25, 0.3) is 0 Å². The summed E-state index contributed by atoms with van der Waals surface area (Å²) < 4.78 is 33.9. The van der Waals surface area contributed by atoms with Gasteiger partial charge < -0.3 is 15.2 Å². The van der Waals surface area contributed by atoms with E-state index < -0.39 is 34.3 Å². The van der Waals surface area contributed by atoms with Crippen LogP contribution >= 0.6 is 0 Å². The molecule has 2 rings (SSSR count). The van der Waals surface area contributed by atoms with Crippen LogP contribution in [0.3, 0.4) is 0 Å². The van der Waals surface area contributed by atoms with Crippen molar-refractivity contribution in [1.29, 1.82) is 0 Å². The van der Waals surface area contributed by atoms with Gasteiger partial charge in [-0.3, -0.25) is 4.79 Å². The first-order valence-corrected chi connectivity index (χ1v) is 11.2. The van der Waals surface area contributed by atoms with Gasteiger partial charge in [0, 0.05) is 6.61 Å². The zero-order valence-electron chi connectivity index (χ0n) is 17.3. The van der Waals surface area contributed by atoms with E-state index in [0.29, 0.717) is 30.6 Å². The predicted octanol–water partition coefficient (Wildman–Crippen LogP) is 1.92. The fraction of sp³-hybridized carbons (Fsp3) is 0.650. The van der Waals surface area contributed by atoms with E-state index in [2.05, 4.69) is 10.0 Å². The van der Waals surface area contributed by atoms with Crippen LogP contribution in [0.4, 0.5) is 0 Å². The molecule has 8 heteroatoms. The lowest BCUT2D eigenvalue weighted by Gasteiger charge is -2.30. The van der Waals surface area contributed by atoms with Crippen molar-refractivity contribution in [3.05, 3.63) is 28.8 Å². The highest BCUT2D eigenvalue weighted by Crippen LogP contribution is 2.23. The topological polar surface area (TPSA) is 105 Å². The summed E-state index contributed by atoms with van der Waals surface area (Å²) in [6.45, 7) is 9.71. The number of benzene rings is 1. The molecule has 0 aliphatic carbocycles. The molecule has 1 amide bonds. The number of aliphatic hydroxyl groups is 1. The van der Waals surface area contributed by atoms with E-state index in [1.807, 2.05) is 32.9 Å². The third-order valence-corrected chi connectivity index (χ3v) is 6.59. The van der Waals surface area contributed by atoms with Crippen LogP contribution in [0.15, 0.2) is 17.0 Å². The third kappa shape index (κ3) is 5.76. The van der Waals surface area contributed by atoms with Crippen LogP contribution in [-0.4, -0.2) is 44.4 Å². The van der Waals surface area contributed by atoms with Gasteiger partial charge in [0.15, 0.2) is 6.29 Å². The van der Waals surface area contributed by atoms with Crippen molar-refractivity contribution in [2.24, 2.45) is 5.92 Å². The molecule has 1 aromatic carbocycles. The maximum atomic E-state index is 13.1. The van der Waals surface area contributed by atoms with Crippen molar-refractivity contribution in [3.8, 4) is 0 Å². The zero-order valence-corrected chi connectivity index (χ0v) is 18.1. The Morgan fingerprint density at radius 3 is 2.39 bits per heavy atom. The number of amides is 1. The number of hydrogen-bond acceptors (Lipinski definition) is 5. The highest BCUT2D eigenvalue weighted by atomic mass is 32.2. The first kappa shape index (κ1) is 22.8. The lowest BCUT2D eigenvalue weighted by Crippen LogP contribution is -2.54. The predicted molar refractivity (Wildman–Crippen MR) is 107 cm³/mol. The lowest BCUT2D eigenvalue weighted by molar-refractivity contribution is -0.151. The molecule has 158 valence electrons. The molecule has 3 unspecified atom stereocenters. The Morgan fingerprint density at radius 2 is 1.86 bits per heavy atom. The minimum absolute atomic E-state index is 0.103. The molecule has 0 aromatic heterocycles. The molecule has 0 spiro atoms. The molecule has 7 nitrogen and oxygen atoms in total. The summed E-state index contributed by atoms with van der Waals surface area (Å²) in [4.78, 5) is 13.0. The average molecular weight is 413 g/mol. The number of aryl methyl sites for hydroxylation is 3. The lowest BCUT2D eigenvalue weighted by atomic mass is 10.0. The molecule has 1 fully saturated rings. The van der Waals surface area contributed by atoms with Gasteiger partial charge >= 0.3 is 0 Å². The monoisotopic (exact) mass is 412 g/mol. The first-order valence-electron chi connectivity index (χ1n) is 9.71. The standard InChI is InChI=1S/C20H32N2O5S/c1-12(2)9-17(19(23)21-16-7-6-8-27-20(16)24)22-28(25,26)18-14(4)10-13(3)11-15(18)5/h10-12,16-17,20,22,24H,6-9H2,1-5H3,(H,21,23). The zero-order chi connectivity index (χ0) is 21.1. The van der Waals surface area contributed by atoms with Crippen molar-refractivity contribution in [1.82, 2.24) is 10.0 Å². The fourth-order valence-corrected chi connectivity index (χ4v) is 5.37. The van der Waals surface area contributed by atoms with Gasteiger partial charge in [-0.1, -0.05) is 31.5 Å². The Bertz CT molecular complexity index is 784. The summed E-state index contributed by atoms with van der Waals surface area (Å²) in [6.07, 6.45) is 0.586. The summed E-state index contributed by atoms with van der Waals surface area (Å²) in [5.74, 6) is -0.347. The van der Waals surface area contributed by atoms with E-state index in [9.17, 15) is 18.3 Å². The second-order valence-electron chi connectivity index (χ2n) is 8.05. The summed E-state index contributed by atoms with van der Waals surface area (Å²) in [5, 5.41) is 12.7. The number of aliphatic hydroxyl groups excluding tert-OH is 1. The van der Waals surface area contributed by atoms with Crippen LogP contribution in [0.2, 0.25) is 0 Å². The van der Waals surface area contributed by atoms with Gasteiger partial charge in [-0.2, -0.15) is 4.72 Å². The van der Waals surface area contributed by atoms with Crippen LogP contribution in [0, 0.1) is 26.7 Å². The number of nitrogens with one attached hydrogen (secondary N) is 2. The van der Waals surface area contributed by atoms with E-state index in [4.69, 9.17) is 4.74 Å². The molecule has 0 bridgehead atoms. The van der Waals surface area contributed by atoms with Crippen molar-refractivity contribution in [2.45, 2.75) is 77.2 Å². The Hall–Kier alpha value is -1.48. The van der Waals surface area contributed by atoms with Crippen molar-refractivity contribution < 1.29 is 23.1 Å². The molecule has 28 heavy (non-hydrogen) atoms. The molecule has 1 saturated heterocycles. The van der Waals surface area contributed by atoms with Crippen molar-refractivity contribution in [2.75, 3.05) is 6.61 Å². The minimum Gasteiger partial charge on any atom is -0.366 e. The Labute approximate surface area is 167 Å². The second-order valence-corrected chi connectivity index (χ2v) is 9.70. The van der Waals surface area contributed by atoms with E-state index >= 15 is 0 Å². The highest BCUT2D eigenvalue weighted by Gasteiger charge is 2.32. The van der Waals surface area contributed by atoms with Crippen LogP contribution < -0.4 is 10.0 Å². The van der Waals surface area contributed by atoms with Crippen LogP contribution in [-0.2, 0) is 19.6 Å². The molecule has 1 aliphatic heterocycles. The number of carbonyl (C=O) groups excluding carboxylic acids is 1. The fourth-order valence-electron chi connectivity index (χ4n) is 3.71. The van der Waals surface area contributed by atoms with Crippen LogP contribution in [0.1, 0.15) is 49.8 Å². The first-order chi connectivity index (χ1) is 13.0. The third-order valence-electron chi connectivity index (χ3n) is 4.81. The van der Waals surface area contributed by atoms with E-state index in [1.165, 1.54) is 0 Å². The molecule has 1 aliphatic rings. The minimum atomic E-state index is -3.89. The van der Waals surface area contributed by atoms with Gasteiger partial charge in [0.1, 0.15) is 6.04 Å². The van der Waals surface area contributed by atoms with Crippen LogP contribution in [0.25, 0.3) is 0 Å².